The van der Waals surface area contributed by atoms with Gasteiger partial charge in [-0.3, -0.25) is 9.58 Å². The molecule has 4 rings (SSSR count). The van der Waals surface area contributed by atoms with E-state index in [0.717, 1.165) is 40.7 Å². The zero-order valence-corrected chi connectivity index (χ0v) is 17.7. The van der Waals surface area contributed by atoms with E-state index < -0.39 is 0 Å². The van der Waals surface area contributed by atoms with E-state index in [2.05, 4.69) is 20.7 Å². The normalized spacial score (nSPS) is 13.5. The quantitative estimate of drug-likeness (QED) is 0.508. The van der Waals surface area contributed by atoms with Crippen LogP contribution in [0.4, 0.5) is 21.3 Å². The number of ether oxygens (including phenoxy) is 2. The van der Waals surface area contributed by atoms with Gasteiger partial charge in [0.25, 0.3) is 0 Å². The molecule has 158 valence electrons. The maximum atomic E-state index is 11.9. The van der Waals surface area contributed by atoms with E-state index in [-0.39, 0.29) is 6.03 Å². The number of rotatable bonds is 9. The summed E-state index contributed by atoms with van der Waals surface area (Å²) in [4.78, 5) is 18.3. The van der Waals surface area contributed by atoms with Gasteiger partial charge < -0.3 is 20.1 Å². The second-order valence-corrected chi connectivity index (χ2v) is 7.63. The Morgan fingerprint density at radius 3 is 3.00 bits per heavy atom. The van der Waals surface area contributed by atoms with E-state index in [4.69, 9.17) is 9.47 Å². The minimum atomic E-state index is -0.0901. The summed E-state index contributed by atoms with van der Waals surface area (Å²) in [6, 6.07) is 5.63. The molecule has 1 saturated heterocycles. The van der Waals surface area contributed by atoms with Gasteiger partial charge in [-0.2, -0.15) is 5.10 Å². The number of thiazole rings is 1. The van der Waals surface area contributed by atoms with Gasteiger partial charge in [0.15, 0.2) is 5.13 Å². The summed E-state index contributed by atoms with van der Waals surface area (Å²) in [5.74, 6) is 0.676. The SMILES string of the molecule is COCCCn1cc(Nc2nc(-c3ccc(N4CCNC4=O)cc3OC)cs2)cn1. The molecule has 1 fully saturated rings. The van der Waals surface area contributed by atoms with Gasteiger partial charge in [0.2, 0.25) is 0 Å². The van der Waals surface area contributed by atoms with Gasteiger partial charge >= 0.3 is 6.03 Å². The highest BCUT2D eigenvalue weighted by molar-refractivity contribution is 7.14. The van der Waals surface area contributed by atoms with E-state index in [0.29, 0.717) is 25.4 Å². The molecule has 1 aliphatic rings. The summed E-state index contributed by atoms with van der Waals surface area (Å²) in [6.45, 7) is 2.80. The van der Waals surface area contributed by atoms with E-state index >= 15 is 0 Å². The molecule has 2 N–H and O–H groups in total. The first-order valence-corrected chi connectivity index (χ1v) is 10.5. The molecule has 1 aromatic carbocycles. The average Bonchev–Trinajstić information content (AvgIpc) is 3.50. The summed E-state index contributed by atoms with van der Waals surface area (Å²) >= 11 is 1.51. The Labute approximate surface area is 178 Å². The lowest BCUT2D eigenvalue weighted by Crippen LogP contribution is -2.27. The van der Waals surface area contributed by atoms with Crippen molar-refractivity contribution in [2.24, 2.45) is 0 Å². The molecule has 30 heavy (non-hydrogen) atoms. The summed E-state index contributed by atoms with van der Waals surface area (Å²) in [5, 5.41) is 13.2. The summed E-state index contributed by atoms with van der Waals surface area (Å²) < 4.78 is 12.5. The van der Waals surface area contributed by atoms with Crippen LogP contribution in [-0.4, -0.2) is 54.7 Å². The Balaban J connectivity index is 1.47. The second kappa shape index (κ2) is 9.14. The van der Waals surface area contributed by atoms with Crippen LogP contribution in [-0.2, 0) is 11.3 Å². The van der Waals surface area contributed by atoms with Crippen molar-refractivity contribution in [3.63, 3.8) is 0 Å². The number of benzene rings is 1. The molecule has 2 amide bonds. The van der Waals surface area contributed by atoms with Crippen LogP contribution in [0.3, 0.4) is 0 Å². The first-order chi connectivity index (χ1) is 14.7. The number of nitrogens with one attached hydrogen (secondary N) is 2. The van der Waals surface area contributed by atoms with Crippen molar-refractivity contribution >= 4 is 33.9 Å². The maximum Gasteiger partial charge on any atom is 0.321 e. The largest absolute Gasteiger partial charge is 0.496 e. The van der Waals surface area contributed by atoms with Gasteiger partial charge in [-0.25, -0.2) is 9.78 Å². The molecule has 3 aromatic rings. The first kappa shape index (κ1) is 20.2. The number of hydrogen-bond donors (Lipinski definition) is 2. The molecule has 0 bridgehead atoms. The van der Waals surface area contributed by atoms with Crippen LogP contribution in [0, 0.1) is 0 Å². The fourth-order valence-electron chi connectivity index (χ4n) is 3.28. The summed E-state index contributed by atoms with van der Waals surface area (Å²) in [6.07, 6.45) is 4.64. The van der Waals surface area contributed by atoms with Gasteiger partial charge in [0, 0.05) is 62.2 Å². The second-order valence-electron chi connectivity index (χ2n) is 6.77. The number of nitrogens with zero attached hydrogens (tertiary/aromatic N) is 4. The minimum absolute atomic E-state index is 0.0901. The number of anilines is 3. The molecular weight excluding hydrogens is 404 g/mol. The molecule has 0 radical (unpaired) electrons. The van der Waals surface area contributed by atoms with Crippen LogP contribution >= 0.6 is 11.3 Å². The van der Waals surface area contributed by atoms with Gasteiger partial charge in [0.1, 0.15) is 5.75 Å². The monoisotopic (exact) mass is 428 g/mol. The Kier molecular flexibility index (Phi) is 6.15. The molecule has 0 aliphatic carbocycles. The molecule has 0 unspecified atom stereocenters. The summed E-state index contributed by atoms with van der Waals surface area (Å²) in [5.41, 5.74) is 3.38. The minimum Gasteiger partial charge on any atom is -0.496 e. The molecule has 0 saturated carbocycles. The van der Waals surface area contributed by atoms with Crippen molar-refractivity contribution in [3.05, 3.63) is 36.0 Å². The highest BCUT2D eigenvalue weighted by Crippen LogP contribution is 2.36. The Hall–Kier alpha value is -3.11. The molecule has 3 heterocycles. The summed E-state index contributed by atoms with van der Waals surface area (Å²) in [7, 11) is 3.32. The molecule has 10 heteroatoms. The Morgan fingerprint density at radius 2 is 2.23 bits per heavy atom. The van der Waals surface area contributed by atoms with Crippen LogP contribution in [0.5, 0.6) is 5.75 Å². The van der Waals surface area contributed by atoms with Crippen LogP contribution in [0.25, 0.3) is 11.3 Å². The fraction of sp³-hybridized carbons (Fsp3) is 0.350. The lowest BCUT2D eigenvalue weighted by molar-refractivity contribution is 0.189. The van der Waals surface area contributed by atoms with E-state index in [9.17, 15) is 4.79 Å². The number of aromatic nitrogens is 3. The predicted molar refractivity (Wildman–Crippen MR) is 117 cm³/mol. The van der Waals surface area contributed by atoms with Crippen LogP contribution in [0.15, 0.2) is 36.0 Å². The van der Waals surface area contributed by atoms with Crippen molar-refractivity contribution in [2.75, 3.05) is 44.1 Å². The molecule has 1 aliphatic heterocycles. The highest BCUT2D eigenvalue weighted by atomic mass is 32.1. The van der Waals surface area contributed by atoms with Gasteiger partial charge in [-0.15, -0.1) is 11.3 Å². The molecule has 2 aromatic heterocycles. The van der Waals surface area contributed by atoms with Crippen molar-refractivity contribution in [1.29, 1.82) is 0 Å². The van der Waals surface area contributed by atoms with Crippen molar-refractivity contribution in [2.45, 2.75) is 13.0 Å². The number of urea groups is 1. The third-order valence-corrected chi connectivity index (χ3v) is 5.51. The Bertz CT molecular complexity index is 1020. The number of hydrogen-bond acceptors (Lipinski definition) is 7. The van der Waals surface area contributed by atoms with E-state index in [1.165, 1.54) is 11.3 Å². The number of methoxy groups -OCH3 is 2. The number of carbonyl (C=O) groups excluding carboxylic acids is 1. The van der Waals surface area contributed by atoms with Crippen molar-refractivity contribution in [3.8, 4) is 17.0 Å². The highest BCUT2D eigenvalue weighted by Gasteiger charge is 2.22. The van der Waals surface area contributed by atoms with E-state index in [1.54, 1.807) is 25.3 Å². The predicted octanol–water partition coefficient (Wildman–Crippen LogP) is 3.32. The average molecular weight is 429 g/mol. The first-order valence-electron chi connectivity index (χ1n) is 9.65. The number of aryl methyl sites for hydroxylation is 1. The zero-order chi connectivity index (χ0) is 20.9. The lowest BCUT2D eigenvalue weighted by Gasteiger charge is -2.16. The molecule has 0 atom stereocenters. The van der Waals surface area contributed by atoms with Gasteiger partial charge in [0.05, 0.1) is 24.7 Å². The zero-order valence-electron chi connectivity index (χ0n) is 16.9. The Morgan fingerprint density at radius 1 is 1.33 bits per heavy atom. The molecular formula is C20H24N6O3S. The number of carbonyl (C=O) groups is 1. The van der Waals surface area contributed by atoms with Crippen molar-refractivity contribution < 1.29 is 14.3 Å². The fourth-order valence-corrected chi connectivity index (χ4v) is 4.01. The van der Waals surface area contributed by atoms with Crippen LogP contribution in [0.2, 0.25) is 0 Å². The van der Waals surface area contributed by atoms with Gasteiger partial charge in [-0.1, -0.05) is 0 Å². The van der Waals surface area contributed by atoms with Crippen LogP contribution in [0.1, 0.15) is 6.42 Å². The smallest absolute Gasteiger partial charge is 0.321 e. The van der Waals surface area contributed by atoms with Crippen LogP contribution < -0.4 is 20.3 Å². The third-order valence-electron chi connectivity index (χ3n) is 4.75. The third kappa shape index (κ3) is 4.39. The lowest BCUT2D eigenvalue weighted by atomic mass is 10.1. The number of amides is 2. The van der Waals surface area contributed by atoms with Gasteiger partial charge in [-0.05, 0) is 18.6 Å². The standard InChI is InChI=1S/C20H24N6O3S/c1-28-9-3-7-25-12-14(11-22-25)23-19-24-17(13-30-19)16-5-4-15(10-18(16)29-2)26-8-6-21-20(26)27/h4-5,10-13H,3,6-9H2,1-2H3,(H,21,27)(H,23,24). The van der Waals surface area contributed by atoms with E-state index in [1.807, 2.05) is 34.5 Å². The van der Waals surface area contributed by atoms with Crippen molar-refractivity contribution in [1.82, 2.24) is 20.1 Å². The molecule has 9 nitrogen and oxygen atoms in total. The topological polar surface area (TPSA) is 93.5 Å². The maximum absolute atomic E-state index is 11.9. The molecule has 0 spiro atoms.